The molecule has 112 valence electrons. The number of allylic oxidation sites excluding steroid dienone is 5. The summed E-state index contributed by atoms with van der Waals surface area (Å²) < 4.78 is 5.70. The Morgan fingerprint density at radius 2 is 2.05 bits per heavy atom. The molecule has 0 atom stereocenters. The number of amides is 1. The number of carbonyl (C=O) groups is 1. The summed E-state index contributed by atoms with van der Waals surface area (Å²) in [5, 5.41) is 2.64. The Hall–Kier alpha value is -1.35. The van der Waals surface area contributed by atoms with Gasteiger partial charge < -0.3 is 10.1 Å². The first-order chi connectivity index (χ1) is 9.72. The molecule has 0 bridgehead atoms. The van der Waals surface area contributed by atoms with Crippen molar-refractivity contribution in [1.82, 2.24) is 5.32 Å². The molecule has 0 fully saturated rings. The molecule has 1 aliphatic carbocycles. The summed E-state index contributed by atoms with van der Waals surface area (Å²) in [6.07, 6.45) is 14.6. The summed E-state index contributed by atoms with van der Waals surface area (Å²) in [6, 6.07) is 0. The van der Waals surface area contributed by atoms with E-state index in [0.29, 0.717) is 6.42 Å². The van der Waals surface area contributed by atoms with Gasteiger partial charge >= 0.3 is 0 Å². The normalized spacial score (nSPS) is 14.5. The molecule has 0 heterocycles. The first-order valence-corrected chi connectivity index (χ1v) is 7.53. The third-order valence-electron chi connectivity index (χ3n) is 3.35. The van der Waals surface area contributed by atoms with Crippen molar-refractivity contribution in [2.24, 2.45) is 0 Å². The molecule has 0 aromatic carbocycles. The summed E-state index contributed by atoms with van der Waals surface area (Å²) in [6.45, 7) is 3.64. The van der Waals surface area contributed by atoms with Crippen LogP contribution in [0.15, 0.2) is 35.5 Å². The zero-order chi connectivity index (χ0) is 14.6. The molecule has 0 radical (unpaired) electrons. The quantitative estimate of drug-likeness (QED) is 0.655. The highest BCUT2D eigenvalue weighted by molar-refractivity contribution is 5.75. The fraction of sp³-hybridized carbons (Fsp3) is 0.588. The maximum atomic E-state index is 11.0. The number of hydrogen-bond donors (Lipinski definition) is 1. The molecule has 0 aromatic rings. The van der Waals surface area contributed by atoms with Crippen LogP contribution in [0.5, 0.6) is 0 Å². The molecular formula is C17H27NO2. The molecule has 1 amide bonds. The van der Waals surface area contributed by atoms with Crippen molar-refractivity contribution < 1.29 is 9.53 Å². The van der Waals surface area contributed by atoms with Gasteiger partial charge in [-0.15, -0.1) is 0 Å². The van der Waals surface area contributed by atoms with E-state index in [-0.39, 0.29) is 5.91 Å². The van der Waals surface area contributed by atoms with E-state index in [1.807, 2.05) is 0 Å². The number of rotatable bonds is 9. The first-order valence-electron chi connectivity index (χ1n) is 7.53. The first kappa shape index (κ1) is 16.7. The van der Waals surface area contributed by atoms with Crippen molar-refractivity contribution in [1.29, 1.82) is 0 Å². The van der Waals surface area contributed by atoms with Crippen molar-refractivity contribution in [3.05, 3.63) is 35.5 Å². The minimum Gasteiger partial charge on any atom is -0.377 e. The van der Waals surface area contributed by atoms with Crippen LogP contribution in [0, 0.1) is 0 Å². The summed E-state index contributed by atoms with van der Waals surface area (Å²) >= 11 is 0. The Morgan fingerprint density at radius 1 is 1.25 bits per heavy atom. The van der Waals surface area contributed by atoms with Gasteiger partial charge in [0.2, 0.25) is 5.91 Å². The smallest absolute Gasteiger partial charge is 0.219 e. The van der Waals surface area contributed by atoms with E-state index in [1.165, 1.54) is 11.1 Å². The van der Waals surface area contributed by atoms with Gasteiger partial charge in [-0.3, -0.25) is 4.79 Å². The lowest BCUT2D eigenvalue weighted by atomic mass is 10.1. The standard InChI is InChI=1S/C17H27NO2/c1-15-8-7-9-16(12-11-15)14-20-13-6-4-3-5-10-17(19)18-2/h7-8,11-12H,3-6,9-10,13-14H2,1-2H3,(H,18,19). The lowest BCUT2D eigenvalue weighted by Gasteiger charge is -2.06. The monoisotopic (exact) mass is 277 g/mol. The highest BCUT2D eigenvalue weighted by atomic mass is 16.5. The van der Waals surface area contributed by atoms with Crippen LogP contribution in [-0.2, 0) is 9.53 Å². The molecule has 0 unspecified atom stereocenters. The summed E-state index contributed by atoms with van der Waals surface area (Å²) in [5.41, 5.74) is 2.62. The van der Waals surface area contributed by atoms with Gasteiger partial charge in [0.15, 0.2) is 0 Å². The molecule has 1 rings (SSSR count). The highest BCUT2D eigenvalue weighted by Gasteiger charge is 1.99. The SMILES string of the molecule is CNC(=O)CCCCCCOCC1=CC=C(C)C=CC1. The second kappa shape index (κ2) is 10.4. The average Bonchev–Trinajstić information content (AvgIpc) is 2.66. The third-order valence-corrected chi connectivity index (χ3v) is 3.35. The summed E-state index contributed by atoms with van der Waals surface area (Å²) in [5.74, 6) is 0.137. The zero-order valence-electron chi connectivity index (χ0n) is 12.8. The minimum absolute atomic E-state index is 0.137. The number of hydrogen-bond acceptors (Lipinski definition) is 2. The number of nitrogens with one attached hydrogen (secondary N) is 1. The fourth-order valence-electron chi connectivity index (χ4n) is 2.05. The summed E-state index contributed by atoms with van der Waals surface area (Å²) in [7, 11) is 1.68. The van der Waals surface area contributed by atoms with Gasteiger partial charge in [0.25, 0.3) is 0 Å². The van der Waals surface area contributed by atoms with Gasteiger partial charge in [0.1, 0.15) is 0 Å². The lowest BCUT2D eigenvalue weighted by molar-refractivity contribution is -0.120. The van der Waals surface area contributed by atoms with E-state index in [4.69, 9.17) is 4.74 Å². The Labute approximate surface area is 122 Å². The molecule has 1 N–H and O–H groups in total. The van der Waals surface area contributed by atoms with Crippen LogP contribution < -0.4 is 5.32 Å². The maximum absolute atomic E-state index is 11.0. The van der Waals surface area contributed by atoms with Crippen LogP contribution in [0.2, 0.25) is 0 Å². The predicted octanol–water partition coefficient (Wildman–Crippen LogP) is 3.53. The van der Waals surface area contributed by atoms with E-state index in [1.54, 1.807) is 7.05 Å². The third kappa shape index (κ3) is 7.95. The number of ether oxygens (including phenoxy) is 1. The minimum atomic E-state index is 0.137. The van der Waals surface area contributed by atoms with Gasteiger partial charge in [-0.25, -0.2) is 0 Å². The lowest BCUT2D eigenvalue weighted by Crippen LogP contribution is -2.16. The van der Waals surface area contributed by atoms with E-state index in [2.05, 4.69) is 36.5 Å². The van der Waals surface area contributed by atoms with Gasteiger partial charge in [-0.1, -0.05) is 42.7 Å². The van der Waals surface area contributed by atoms with Crippen LogP contribution in [0.4, 0.5) is 0 Å². The molecule has 0 aliphatic heterocycles. The van der Waals surface area contributed by atoms with Crippen LogP contribution >= 0.6 is 0 Å². The van der Waals surface area contributed by atoms with Crippen LogP contribution in [0.1, 0.15) is 45.4 Å². The summed E-state index contributed by atoms with van der Waals surface area (Å²) in [4.78, 5) is 11.0. The molecule has 0 saturated heterocycles. The fourth-order valence-corrected chi connectivity index (χ4v) is 2.05. The van der Waals surface area contributed by atoms with E-state index in [0.717, 1.165) is 45.3 Å². The zero-order valence-corrected chi connectivity index (χ0v) is 12.8. The number of unbranched alkanes of at least 4 members (excludes halogenated alkanes) is 3. The Morgan fingerprint density at radius 3 is 2.85 bits per heavy atom. The molecule has 0 spiro atoms. The Balaban J connectivity index is 1.97. The molecule has 20 heavy (non-hydrogen) atoms. The topological polar surface area (TPSA) is 38.3 Å². The second-order valence-corrected chi connectivity index (χ2v) is 5.23. The average molecular weight is 277 g/mol. The van der Waals surface area contributed by atoms with E-state index >= 15 is 0 Å². The van der Waals surface area contributed by atoms with Crippen LogP contribution in [0.25, 0.3) is 0 Å². The predicted molar refractivity (Wildman–Crippen MR) is 83.6 cm³/mol. The van der Waals surface area contributed by atoms with Gasteiger partial charge in [0.05, 0.1) is 6.61 Å². The second-order valence-electron chi connectivity index (χ2n) is 5.23. The van der Waals surface area contributed by atoms with Crippen molar-refractivity contribution in [2.45, 2.75) is 45.4 Å². The Bertz CT molecular complexity index is 380. The van der Waals surface area contributed by atoms with Crippen LogP contribution in [-0.4, -0.2) is 26.2 Å². The van der Waals surface area contributed by atoms with Crippen molar-refractivity contribution >= 4 is 5.91 Å². The van der Waals surface area contributed by atoms with Crippen LogP contribution in [0.3, 0.4) is 0 Å². The molecule has 0 saturated carbocycles. The molecule has 0 aromatic heterocycles. The Kier molecular flexibility index (Phi) is 8.72. The van der Waals surface area contributed by atoms with Crippen molar-refractivity contribution in [3.8, 4) is 0 Å². The maximum Gasteiger partial charge on any atom is 0.219 e. The molecule has 1 aliphatic rings. The largest absolute Gasteiger partial charge is 0.377 e. The van der Waals surface area contributed by atoms with Crippen molar-refractivity contribution in [2.75, 3.05) is 20.3 Å². The highest BCUT2D eigenvalue weighted by Crippen LogP contribution is 2.11. The van der Waals surface area contributed by atoms with Gasteiger partial charge in [-0.05, 0) is 31.8 Å². The van der Waals surface area contributed by atoms with Gasteiger partial charge in [0, 0.05) is 20.1 Å². The molecular weight excluding hydrogens is 250 g/mol. The van der Waals surface area contributed by atoms with E-state index < -0.39 is 0 Å². The molecule has 3 nitrogen and oxygen atoms in total. The molecule has 3 heteroatoms. The van der Waals surface area contributed by atoms with E-state index in [9.17, 15) is 4.79 Å². The van der Waals surface area contributed by atoms with Gasteiger partial charge in [-0.2, -0.15) is 0 Å². The number of carbonyl (C=O) groups excluding carboxylic acids is 1. The van der Waals surface area contributed by atoms with Crippen molar-refractivity contribution in [3.63, 3.8) is 0 Å².